The molecule has 2 rings (SSSR count). The van der Waals surface area contributed by atoms with E-state index in [1.165, 1.54) is 5.56 Å². The van der Waals surface area contributed by atoms with Crippen molar-refractivity contribution in [2.75, 3.05) is 33.5 Å². The molecular weight excluding hydrogens is 328 g/mol. The maximum absolute atomic E-state index is 10.2. The van der Waals surface area contributed by atoms with Crippen LogP contribution >= 0.6 is 0 Å². The van der Waals surface area contributed by atoms with Crippen molar-refractivity contribution < 1.29 is 14.6 Å². The van der Waals surface area contributed by atoms with E-state index in [2.05, 4.69) is 18.2 Å². The predicted octanol–water partition coefficient (Wildman–Crippen LogP) is 2.46. The summed E-state index contributed by atoms with van der Waals surface area (Å²) in [6, 6.07) is 16.1. The van der Waals surface area contributed by atoms with Crippen LogP contribution in [0.15, 0.2) is 48.5 Å². The second-order valence-corrected chi connectivity index (χ2v) is 6.28. The van der Waals surface area contributed by atoms with E-state index in [0.29, 0.717) is 13.2 Å². The Balaban J connectivity index is 1.92. The van der Waals surface area contributed by atoms with Gasteiger partial charge in [0.05, 0.1) is 7.11 Å². The van der Waals surface area contributed by atoms with Crippen molar-refractivity contribution in [2.24, 2.45) is 5.73 Å². The molecule has 3 N–H and O–H groups in total. The molecule has 0 aliphatic carbocycles. The zero-order valence-corrected chi connectivity index (χ0v) is 15.7. The first-order chi connectivity index (χ1) is 12.7. The van der Waals surface area contributed by atoms with E-state index in [-0.39, 0.29) is 6.61 Å². The number of nitrogens with zero attached hydrogens (tertiary/aromatic N) is 1. The van der Waals surface area contributed by atoms with Gasteiger partial charge < -0.3 is 20.3 Å². The minimum atomic E-state index is -0.565. The van der Waals surface area contributed by atoms with Crippen LogP contribution in [0.4, 0.5) is 0 Å². The fourth-order valence-corrected chi connectivity index (χ4v) is 2.83. The number of benzene rings is 2. The van der Waals surface area contributed by atoms with Gasteiger partial charge in [-0.15, -0.1) is 0 Å². The van der Waals surface area contributed by atoms with Crippen molar-refractivity contribution in [3.05, 3.63) is 59.7 Å². The van der Waals surface area contributed by atoms with Gasteiger partial charge in [0.1, 0.15) is 24.2 Å². The van der Waals surface area contributed by atoms with E-state index >= 15 is 0 Å². The SMILES string of the molecule is CCN(CN)C[C@@H](O)COc1ccccc1CCc1cccc(OC)c1. The summed E-state index contributed by atoms with van der Waals surface area (Å²) in [5, 5.41) is 10.2. The number of nitrogens with two attached hydrogens (primary N) is 1. The maximum Gasteiger partial charge on any atom is 0.122 e. The van der Waals surface area contributed by atoms with Gasteiger partial charge in [-0.3, -0.25) is 4.90 Å². The molecular formula is C21H30N2O3. The average molecular weight is 358 g/mol. The second kappa shape index (κ2) is 10.8. The minimum Gasteiger partial charge on any atom is -0.497 e. The number of hydrogen-bond donors (Lipinski definition) is 2. The van der Waals surface area contributed by atoms with Gasteiger partial charge in [-0.05, 0) is 48.7 Å². The highest BCUT2D eigenvalue weighted by Crippen LogP contribution is 2.21. The molecule has 0 aromatic heterocycles. The molecule has 0 aliphatic rings. The Hall–Kier alpha value is -2.08. The number of likely N-dealkylation sites (N-methyl/N-ethyl adjacent to an activating group) is 1. The van der Waals surface area contributed by atoms with Gasteiger partial charge >= 0.3 is 0 Å². The standard InChI is InChI=1S/C21H30N2O3/c1-3-23(16-22)14-19(24)15-26-21-10-5-4-8-18(21)12-11-17-7-6-9-20(13-17)25-2/h4-10,13,19,24H,3,11-12,14-16,22H2,1-2H3/t19-/m1/s1. The molecule has 0 fully saturated rings. The first-order valence-electron chi connectivity index (χ1n) is 9.10. The van der Waals surface area contributed by atoms with Crippen LogP contribution in [0.3, 0.4) is 0 Å². The van der Waals surface area contributed by atoms with Crippen molar-refractivity contribution in [1.82, 2.24) is 4.90 Å². The van der Waals surface area contributed by atoms with Crippen molar-refractivity contribution >= 4 is 0 Å². The summed E-state index contributed by atoms with van der Waals surface area (Å²) < 4.78 is 11.2. The normalized spacial score (nSPS) is 12.2. The van der Waals surface area contributed by atoms with Crippen LogP contribution in [-0.2, 0) is 12.8 Å². The third-order valence-electron chi connectivity index (χ3n) is 4.40. The lowest BCUT2D eigenvalue weighted by atomic mass is 10.0. The molecule has 2 aromatic carbocycles. The van der Waals surface area contributed by atoms with E-state index in [4.69, 9.17) is 15.2 Å². The Labute approximate surface area is 156 Å². The molecule has 0 radical (unpaired) electrons. The number of aryl methyl sites for hydroxylation is 2. The third kappa shape index (κ3) is 6.33. The first kappa shape index (κ1) is 20.2. The highest BCUT2D eigenvalue weighted by atomic mass is 16.5. The smallest absolute Gasteiger partial charge is 0.122 e. The molecule has 0 heterocycles. The lowest BCUT2D eigenvalue weighted by Crippen LogP contribution is -2.38. The zero-order chi connectivity index (χ0) is 18.8. The highest BCUT2D eigenvalue weighted by molar-refractivity contribution is 5.35. The van der Waals surface area contributed by atoms with E-state index in [0.717, 1.165) is 36.4 Å². The summed E-state index contributed by atoms with van der Waals surface area (Å²) in [7, 11) is 1.68. The Morgan fingerprint density at radius 2 is 1.92 bits per heavy atom. The molecule has 0 aliphatic heterocycles. The lowest BCUT2D eigenvalue weighted by Gasteiger charge is -2.22. The molecule has 0 unspecified atom stereocenters. The number of rotatable bonds is 11. The van der Waals surface area contributed by atoms with Crippen LogP contribution in [-0.4, -0.2) is 49.6 Å². The molecule has 1 atom stereocenters. The van der Waals surface area contributed by atoms with Crippen molar-refractivity contribution in [3.63, 3.8) is 0 Å². The molecule has 0 bridgehead atoms. The number of para-hydroxylation sites is 1. The molecule has 26 heavy (non-hydrogen) atoms. The van der Waals surface area contributed by atoms with E-state index in [9.17, 15) is 5.11 Å². The molecule has 142 valence electrons. The van der Waals surface area contributed by atoms with Crippen molar-refractivity contribution in [1.29, 1.82) is 0 Å². The Morgan fingerprint density at radius 1 is 1.12 bits per heavy atom. The molecule has 2 aromatic rings. The number of hydrogen-bond acceptors (Lipinski definition) is 5. The topological polar surface area (TPSA) is 68.0 Å². The predicted molar refractivity (Wildman–Crippen MR) is 105 cm³/mol. The summed E-state index contributed by atoms with van der Waals surface area (Å²) in [5.74, 6) is 1.70. The van der Waals surface area contributed by atoms with E-state index < -0.39 is 6.10 Å². The fraction of sp³-hybridized carbons (Fsp3) is 0.429. The molecule has 0 spiro atoms. The van der Waals surface area contributed by atoms with Crippen molar-refractivity contribution in [2.45, 2.75) is 25.9 Å². The van der Waals surface area contributed by atoms with Crippen molar-refractivity contribution in [3.8, 4) is 11.5 Å². The maximum atomic E-state index is 10.2. The van der Waals surface area contributed by atoms with Crippen LogP contribution in [0.5, 0.6) is 11.5 Å². The Kier molecular flexibility index (Phi) is 8.41. The zero-order valence-electron chi connectivity index (χ0n) is 15.7. The number of aliphatic hydroxyl groups excluding tert-OH is 1. The van der Waals surface area contributed by atoms with Gasteiger partial charge in [0.2, 0.25) is 0 Å². The quantitative estimate of drug-likeness (QED) is 0.604. The number of aliphatic hydroxyl groups is 1. The molecule has 5 heteroatoms. The molecule has 5 nitrogen and oxygen atoms in total. The Bertz CT molecular complexity index is 659. The summed E-state index contributed by atoms with van der Waals surface area (Å²) in [5.41, 5.74) is 8.00. The Morgan fingerprint density at radius 3 is 2.65 bits per heavy atom. The molecule has 0 amide bonds. The van der Waals surface area contributed by atoms with Gasteiger partial charge in [-0.25, -0.2) is 0 Å². The van der Waals surface area contributed by atoms with Crippen LogP contribution in [0.1, 0.15) is 18.1 Å². The van der Waals surface area contributed by atoms with Crippen LogP contribution < -0.4 is 15.2 Å². The summed E-state index contributed by atoms with van der Waals surface area (Å²) in [4.78, 5) is 1.97. The second-order valence-electron chi connectivity index (χ2n) is 6.28. The number of ether oxygens (including phenoxy) is 2. The van der Waals surface area contributed by atoms with Gasteiger partial charge in [-0.1, -0.05) is 37.3 Å². The van der Waals surface area contributed by atoms with Gasteiger partial charge in [-0.2, -0.15) is 0 Å². The molecule has 0 saturated carbocycles. The van der Waals surface area contributed by atoms with Crippen LogP contribution in [0.25, 0.3) is 0 Å². The van der Waals surface area contributed by atoms with Crippen LogP contribution in [0.2, 0.25) is 0 Å². The largest absolute Gasteiger partial charge is 0.497 e. The lowest BCUT2D eigenvalue weighted by molar-refractivity contribution is 0.0704. The van der Waals surface area contributed by atoms with Gasteiger partial charge in [0.15, 0.2) is 0 Å². The highest BCUT2D eigenvalue weighted by Gasteiger charge is 2.11. The first-order valence-corrected chi connectivity index (χ1v) is 9.10. The third-order valence-corrected chi connectivity index (χ3v) is 4.40. The summed E-state index contributed by atoms with van der Waals surface area (Å²) in [6.07, 6.45) is 1.20. The molecule has 0 saturated heterocycles. The minimum absolute atomic E-state index is 0.257. The summed E-state index contributed by atoms with van der Waals surface area (Å²) >= 11 is 0. The average Bonchev–Trinajstić information content (AvgIpc) is 2.69. The van der Waals surface area contributed by atoms with E-state index in [1.807, 2.05) is 42.2 Å². The van der Waals surface area contributed by atoms with E-state index in [1.54, 1.807) is 7.11 Å². The summed E-state index contributed by atoms with van der Waals surface area (Å²) in [6.45, 7) is 4.04. The van der Waals surface area contributed by atoms with Crippen LogP contribution in [0, 0.1) is 0 Å². The van der Waals surface area contributed by atoms with Gasteiger partial charge in [0, 0.05) is 13.2 Å². The number of methoxy groups -OCH3 is 1. The monoisotopic (exact) mass is 358 g/mol. The fourth-order valence-electron chi connectivity index (χ4n) is 2.83. The van der Waals surface area contributed by atoms with Gasteiger partial charge in [0.25, 0.3) is 0 Å².